The van der Waals surface area contributed by atoms with Crippen molar-refractivity contribution in [2.24, 2.45) is 0 Å². The van der Waals surface area contributed by atoms with E-state index in [0.717, 1.165) is 50.3 Å². The molecule has 3 aromatic heterocycles. The number of hydrogen-bond acceptors (Lipinski definition) is 7. The van der Waals surface area contributed by atoms with Gasteiger partial charge in [0.25, 0.3) is 0 Å². The normalized spacial score (nSPS) is 18.4. The molecule has 1 N–H and O–H groups in total. The predicted molar refractivity (Wildman–Crippen MR) is 146 cm³/mol. The highest BCUT2D eigenvalue weighted by Crippen LogP contribution is 2.37. The van der Waals surface area contributed by atoms with E-state index in [0.29, 0.717) is 38.4 Å². The number of nitrogens with one attached hydrogen (secondary N) is 1. The molecule has 11 heteroatoms. The Morgan fingerprint density at radius 3 is 2.55 bits per heavy atom. The molecule has 2 aliphatic rings. The van der Waals surface area contributed by atoms with Crippen LogP contribution >= 0.6 is 23.2 Å². The number of benzene rings is 1. The molecular formula is C27H27Cl2FN6O2. The third-order valence-corrected chi connectivity index (χ3v) is 7.98. The number of aromatic nitrogens is 4. The number of pyridine rings is 2. The molecule has 2 saturated heterocycles. The van der Waals surface area contributed by atoms with Crippen LogP contribution in [0.4, 0.5) is 10.2 Å². The zero-order chi connectivity index (χ0) is 26.4. The smallest absolute Gasteiger partial charge is 0.166 e. The molecule has 0 radical (unpaired) electrons. The van der Waals surface area contributed by atoms with Crippen molar-refractivity contribution in [2.75, 3.05) is 44.3 Å². The largest absolute Gasteiger partial charge is 0.486 e. The van der Waals surface area contributed by atoms with Crippen molar-refractivity contribution < 1.29 is 13.9 Å². The number of aromatic amines is 1. The van der Waals surface area contributed by atoms with Crippen LogP contribution < -0.4 is 9.64 Å². The first-order valence-electron chi connectivity index (χ1n) is 12.5. The standard InChI is InChI=1S/C27H27Cl2FN6O2/c1-16(24-20(28)12-31-13-21(24)29)38-18-3-4-23-19(10-18)25(34-33-23)17-9-22(30)26(32-11-17)35-14-27(2,15-35)36-5-7-37-8-6-36/h3-4,9-13,16H,5-8,14-15H2,1-2H3,(H,33,34)/t16-/m1/s1. The van der Waals surface area contributed by atoms with Crippen molar-refractivity contribution in [3.8, 4) is 17.0 Å². The summed E-state index contributed by atoms with van der Waals surface area (Å²) in [5.74, 6) is 0.596. The Morgan fingerprint density at radius 1 is 1.11 bits per heavy atom. The Hall–Kier alpha value is -2.98. The molecule has 0 saturated carbocycles. The molecule has 38 heavy (non-hydrogen) atoms. The van der Waals surface area contributed by atoms with Gasteiger partial charge in [-0.25, -0.2) is 9.37 Å². The molecule has 1 aromatic carbocycles. The van der Waals surface area contributed by atoms with E-state index in [2.05, 4.69) is 32.0 Å². The first-order valence-corrected chi connectivity index (χ1v) is 13.3. The monoisotopic (exact) mass is 556 g/mol. The molecule has 1 atom stereocenters. The fourth-order valence-electron chi connectivity index (χ4n) is 5.38. The maximum absolute atomic E-state index is 15.3. The average molecular weight is 557 g/mol. The van der Waals surface area contributed by atoms with E-state index in [-0.39, 0.29) is 11.4 Å². The van der Waals surface area contributed by atoms with Gasteiger partial charge in [-0.2, -0.15) is 5.10 Å². The van der Waals surface area contributed by atoms with Gasteiger partial charge in [0.2, 0.25) is 0 Å². The minimum Gasteiger partial charge on any atom is -0.486 e. The van der Waals surface area contributed by atoms with Gasteiger partial charge >= 0.3 is 0 Å². The molecule has 4 aromatic rings. The molecule has 198 valence electrons. The molecule has 0 unspecified atom stereocenters. The molecule has 0 amide bonds. The van der Waals surface area contributed by atoms with Gasteiger partial charge in [-0.3, -0.25) is 15.0 Å². The van der Waals surface area contributed by atoms with Gasteiger partial charge in [-0.1, -0.05) is 23.2 Å². The Bertz CT molecular complexity index is 1470. The molecule has 0 aliphatic carbocycles. The van der Waals surface area contributed by atoms with Crippen LogP contribution in [0.1, 0.15) is 25.5 Å². The summed E-state index contributed by atoms with van der Waals surface area (Å²) in [6.45, 7) is 8.82. The fraction of sp³-hybridized carbons (Fsp3) is 0.370. The molecule has 0 bridgehead atoms. The molecular weight excluding hydrogens is 530 g/mol. The van der Waals surface area contributed by atoms with E-state index in [1.54, 1.807) is 6.20 Å². The zero-order valence-corrected chi connectivity index (χ0v) is 22.6. The van der Waals surface area contributed by atoms with Crippen LogP contribution in [-0.2, 0) is 4.74 Å². The highest BCUT2D eigenvalue weighted by molar-refractivity contribution is 6.35. The van der Waals surface area contributed by atoms with Gasteiger partial charge in [0.05, 0.1) is 34.3 Å². The second-order valence-electron chi connectivity index (χ2n) is 10.0. The Morgan fingerprint density at radius 2 is 1.84 bits per heavy atom. The van der Waals surface area contributed by atoms with E-state index in [9.17, 15) is 0 Å². The number of hydrogen-bond donors (Lipinski definition) is 1. The number of rotatable bonds is 6. The van der Waals surface area contributed by atoms with Crippen LogP contribution in [0.25, 0.3) is 22.2 Å². The van der Waals surface area contributed by atoms with Gasteiger partial charge < -0.3 is 14.4 Å². The molecule has 2 fully saturated rings. The number of nitrogens with zero attached hydrogens (tertiary/aromatic N) is 5. The third-order valence-electron chi connectivity index (χ3n) is 7.38. The summed E-state index contributed by atoms with van der Waals surface area (Å²) in [7, 11) is 0. The zero-order valence-electron chi connectivity index (χ0n) is 21.0. The number of anilines is 1. The Balaban J connectivity index is 1.22. The molecule has 8 nitrogen and oxygen atoms in total. The Labute approximate surface area is 229 Å². The van der Waals surface area contributed by atoms with Crippen LogP contribution in [0, 0.1) is 5.82 Å². The lowest BCUT2D eigenvalue weighted by atomic mass is 9.89. The van der Waals surface area contributed by atoms with Crippen LogP contribution in [-0.4, -0.2) is 70.0 Å². The summed E-state index contributed by atoms with van der Waals surface area (Å²) in [6.07, 6.45) is 4.33. The number of ether oxygens (including phenoxy) is 2. The average Bonchev–Trinajstić information content (AvgIpc) is 3.31. The summed E-state index contributed by atoms with van der Waals surface area (Å²) in [6, 6.07) is 7.06. The quantitative estimate of drug-likeness (QED) is 0.335. The minimum absolute atomic E-state index is 0.00717. The first-order chi connectivity index (χ1) is 18.3. The maximum atomic E-state index is 15.3. The molecule has 6 rings (SSSR count). The molecule has 2 aliphatic heterocycles. The summed E-state index contributed by atoms with van der Waals surface area (Å²) in [5.41, 5.74) is 2.65. The van der Waals surface area contributed by atoms with Crippen molar-refractivity contribution in [1.82, 2.24) is 25.1 Å². The SMILES string of the molecule is C[C@@H](Oc1ccc2[nH]nc(-c3cnc(N4CC(C)(N5CCOCC5)C4)c(F)c3)c2c1)c1c(Cl)cncc1Cl. The number of fused-ring (bicyclic) bond motifs is 1. The van der Waals surface area contributed by atoms with E-state index < -0.39 is 6.10 Å². The second kappa shape index (κ2) is 9.96. The lowest BCUT2D eigenvalue weighted by Gasteiger charge is -2.55. The van der Waals surface area contributed by atoms with Crippen molar-refractivity contribution in [3.05, 3.63) is 64.3 Å². The highest BCUT2D eigenvalue weighted by atomic mass is 35.5. The van der Waals surface area contributed by atoms with Crippen molar-refractivity contribution in [2.45, 2.75) is 25.5 Å². The fourth-order valence-corrected chi connectivity index (χ4v) is 6.05. The Kier molecular flexibility index (Phi) is 6.63. The van der Waals surface area contributed by atoms with Crippen LogP contribution in [0.3, 0.4) is 0 Å². The summed E-state index contributed by atoms with van der Waals surface area (Å²) in [5, 5.41) is 9.11. The maximum Gasteiger partial charge on any atom is 0.166 e. The van der Waals surface area contributed by atoms with Gasteiger partial charge in [-0.15, -0.1) is 0 Å². The predicted octanol–water partition coefficient (Wildman–Crippen LogP) is 5.52. The van der Waals surface area contributed by atoms with Crippen molar-refractivity contribution in [3.63, 3.8) is 0 Å². The molecule has 0 spiro atoms. The van der Waals surface area contributed by atoms with Gasteiger partial charge in [-0.05, 0) is 38.1 Å². The number of morpholine rings is 1. The number of halogens is 3. The summed E-state index contributed by atoms with van der Waals surface area (Å²) < 4.78 is 26.9. The number of H-pyrrole nitrogens is 1. The first kappa shape index (κ1) is 25.3. The van der Waals surface area contributed by atoms with E-state index in [4.69, 9.17) is 32.7 Å². The van der Waals surface area contributed by atoms with Crippen molar-refractivity contribution >= 4 is 39.9 Å². The topological polar surface area (TPSA) is 79.4 Å². The third kappa shape index (κ3) is 4.58. The minimum atomic E-state index is -0.413. The van der Waals surface area contributed by atoms with Gasteiger partial charge in [0, 0.05) is 61.3 Å². The van der Waals surface area contributed by atoms with Crippen LogP contribution in [0.5, 0.6) is 5.75 Å². The van der Waals surface area contributed by atoms with Crippen LogP contribution in [0.15, 0.2) is 42.9 Å². The van der Waals surface area contributed by atoms with E-state index in [1.807, 2.05) is 30.0 Å². The summed E-state index contributed by atoms with van der Waals surface area (Å²) >= 11 is 12.6. The van der Waals surface area contributed by atoms with Gasteiger partial charge in [0.1, 0.15) is 17.5 Å². The second-order valence-corrected chi connectivity index (χ2v) is 10.9. The lowest BCUT2D eigenvalue weighted by Crippen LogP contribution is -2.70. The lowest BCUT2D eigenvalue weighted by molar-refractivity contribution is -0.0268. The van der Waals surface area contributed by atoms with Crippen molar-refractivity contribution in [1.29, 1.82) is 0 Å². The highest BCUT2D eigenvalue weighted by Gasteiger charge is 2.45. The van der Waals surface area contributed by atoms with Gasteiger partial charge in [0.15, 0.2) is 11.6 Å². The molecule has 5 heterocycles. The van der Waals surface area contributed by atoms with Crippen LogP contribution in [0.2, 0.25) is 10.0 Å². The summed E-state index contributed by atoms with van der Waals surface area (Å²) in [4.78, 5) is 12.9. The van der Waals surface area contributed by atoms with E-state index >= 15 is 4.39 Å². The van der Waals surface area contributed by atoms with E-state index in [1.165, 1.54) is 18.5 Å².